The molecule has 2 heterocycles. The van der Waals surface area contributed by atoms with Gasteiger partial charge in [0.25, 0.3) is 0 Å². The SMILES string of the molecule is CN(C)CCCNc1nc(-c2ccccc2)cn2c(-c3ccc(C(=O)CC4CC4)cc3)cnc12. The molecule has 0 radical (unpaired) electrons. The van der Waals surface area contributed by atoms with Crippen LogP contribution < -0.4 is 5.32 Å². The van der Waals surface area contributed by atoms with E-state index < -0.39 is 0 Å². The Morgan fingerprint density at radius 2 is 1.82 bits per heavy atom. The molecule has 5 rings (SSSR count). The van der Waals surface area contributed by atoms with Crippen molar-refractivity contribution in [2.75, 3.05) is 32.5 Å². The first-order valence-corrected chi connectivity index (χ1v) is 12.0. The predicted octanol–water partition coefficient (Wildman–Crippen LogP) is 5.41. The van der Waals surface area contributed by atoms with E-state index in [9.17, 15) is 4.79 Å². The molecule has 0 spiro atoms. The molecule has 1 fully saturated rings. The lowest BCUT2D eigenvalue weighted by Crippen LogP contribution is -2.17. The smallest absolute Gasteiger partial charge is 0.180 e. The Bertz CT molecular complexity index is 1270. The predicted molar refractivity (Wildman–Crippen MR) is 137 cm³/mol. The number of aromatic nitrogens is 3. The second-order valence-corrected chi connectivity index (χ2v) is 9.41. The highest BCUT2D eigenvalue weighted by atomic mass is 16.1. The van der Waals surface area contributed by atoms with E-state index in [1.807, 2.05) is 54.9 Å². The quantitative estimate of drug-likeness (QED) is 0.257. The topological polar surface area (TPSA) is 62.5 Å². The molecule has 174 valence electrons. The number of hydrogen-bond acceptors (Lipinski definition) is 5. The summed E-state index contributed by atoms with van der Waals surface area (Å²) < 4.78 is 2.10. The Hall–Kier alpha value is -3.51. The van der Waals surface area contributed by atoms with Crippen LogP contribution in [0.1, 0.15) is 36.0 Å². The standard InChI is InChI=1S/C28H31N5O/c1-32(2)16-6-15-29-27-28-30-18-25(33(28)19-24(31-27)21-7-4-3-5-8-21)22-11-13-23(14-12-22)26(34)17-20-9-10-20/h3-5,7-8,11-14,18-20H,6,9-10,15-17H2,1-2H3,(H,29,31). The van der Waals surface area contributed by atoms with Gasteiger partial charge in [0.05, 0.1) is 17.6 Å². The number of anilines is 1. The molecule has 6 nitrogen and oxygen atoms in total. The highest BCUT2D eigenvalue weighted by molar-refractivity contribution is 5.96. The molecule has 2 aromatic heterocycles. The molecule has 1 aliphatic carbocycles. The average molecular weight is 454 g/mol. The van der Waals surface area contributed by atoms with Crippen molar-refractivity contribution < 1.29 is 4.79 Å². The maximum absolute atomic E-state index is 12.5. The summed E-state index contributed by atoms with van der Waals surface area (Å²) in [4.78, 5) is 24.3. The van der Waals surface area contributed by atoms with E-state index >= 15 is 0 Å². The van der Waals surface area contributed by atoms with Gasteiger partial charge in [0.15, 0.2) is 17.2 Å². The fourth-order valence-electron chi connectivity index (χ4n) is 4.20. The Labute approximate surface area is 200 Å². The van der Waals surface area contributed by atoms with Gasteiger partial charge < -0.3 is 10.2 Å². The van der Waals surface area contributed by atoms with Gasteiger partial charge in [-0.05, 0) is 45.8 Å². The number of imidazole rings is 1. The maximum atomic E-state index is 12.5. The number of rotatable bonds is 10. The first kappa shape index (κ1) is 22.3. The van der Waals surface area contributed by atoms with Gasteiger partial charge in [-0.15, -0.1) is 0 Å². The highest BCUT2D eigenvalue weighted by Gasteiger charge is 2.25. The van der Waals surface area contributed by atoms with Crippen LogP contribution in [-0.2, 0) is 0 Å². The van der Waals surface area contributed by atoms with E-state index in [1.54, 1.807) is 0 Å². The van der Waals surface area contributed by atoms with Crippen molar-refractivity contribution in [2.24, 2.45) is 5.92 Å². The van der Waals surface area contributed by atoms with Crippen molar-refractivity contribution >= 4 is 17.2 Å². The molecule has 0 amide bonds. The van der Waals surface area contributed by atoms with E-state index in [0.29, 0.717) is 12.3 Å². The van der Waals surface area contributed by atoms with Crippen molar-refractivity contribution in [3.05, 3.63) is 72.6 Å². The van der Waals surface area contributed by atoms with Gasteiger partial charge in [-0.3, -0.25) is 9.20 Å². The zero-order valence-electron chi connectivity index (χ0n) is 19.9. The Balaban J connectivity index is 1.48. The summed E-state index contributed by atoms with van der Waals surface area (Å²) in [7, 11) is 4.16. The molecule has 2 aromatic carbocycles. The number of hydrogen-bond donors (Lipinski definition) is 1. The third-order valence-corrected chi connectivity index (χ3v) is 6.31. The van der Waals surface area contributed by atoms with Crippen LogP contribution >= 0.6 is 0 Å². The molecule has 34 heavy (non-hydrogen) atoms. The molecule has 4 aromatic rings. The van der Waals surface area contributed by atoms with Crippen molar-refractivity contribution in [1.29, 1.82) is 0 Å². The fraction of sp³-hybridized carbons (Fsp3) is 0.321. The molecule has 0 atom stereocenters. The Kier molecular flexibility index (Phi) is 6.41. The summed E-state index contributed by atoms with van der Waals surface area (Å²) in [5, 5.41) is 3.50. The van der Waals surface area contributed by atoms with Gasteiger partial charge in [0.2, 0.25) is 0 Å². The minimum absolute atomic E-state index is 0.243. The lowest BCUT2D eigenvalue weighted by molar-refractivity contribution is 0.0976. The molecule has 1 aliphatic rings. The number of ketones is 1. The normalized spacial score (nSPS) is 13.5. The van der Waals surface area contributed by atoms with Gasteiger partial charge in [0.1, 0.15) is 0 Å². The molecule has 1 saturated carbocycles. The van der Waals surface area contributed by atoms with E-state index in [2.05, 4.69) is 40.8 Å². The maximum Gasteiger partial charge on any atom is 0.180 e. The summed E-state index contributed by atoms with van der Waals surface area (Å²) in [6.45, 7) is 1.83. The molecule has 0 unspecified atom stereocenters. The van der Waals surface area contributed by atoms with Crippen LogP contribution in [0.3, 0.4) is 0 Å². The number of benzene rings is 2. The van der Waals surface area contributed by atoms with Gasteiger partial charge in [0, 0.05) is 35.9 Å². The van der Waals surface area contributed by atoms with E-state index in [4.69, 9.17) is 9.97 Å². The van der Waals surface area contributed by atoms with Crippen LogP contribution in [0.15, 0.2) is 67.0 Å². The number of nitrogens with one attached hydrogen (secondary N) is 1. The molecule has 6 heteroatoms. The summed E-state index contributed by atoms with van der Waals surface area (Å²) in [5.41, 5.74) is 5.54. The minimum atomic E-state index is 0.243. The molecule has 0 aliphatic heterocycles. The van der Waals surface area contributed by atoms with Crippen LogP contribution in [0.25, 0.3) is 28.2 Å². The number of fused-ring (bicyclic) bond motifs is 1. The van der Waals surface area contributed by atoms with Crippen molar-refractivity contribution in [2.45, 2.75) is 25.7 Å². The van der Waals surface area contributed by atoms with E-state index in [0.717, 1.165) is 59.1 Å². The van der Waals surface area contributed by atoms with Crippen LogP contribution in [0, 0.1) is 5.92 Å². The van der Waals surface area contributed by atoms with E-state index in [-0.39, 0.29) is 5.78 Å². The Morgan fingerprint density at radius 3 is 2.53 bits per heavy atom. The zero-order valence-corrected chi connectivity index (χ0v) is 19.9. The number of nitrogens with zero attached hydrogens (tertiary/aromatic N) is 4. The van der Waals surface area contributed by atoms with Gasteiger partial charge in [-0.1, -0.05) is 54.6 Å². The summed E-state index contributed by atoms with van der Waals surface area (Å²) >= 11 is 0. The largest absolute Gasteiger partial charge is 0.367 e. The second kappa shape index (κ2) is 9.77. The zero-order chi connectivity index (χ0) is 23.5. The first-order valence-electron chi connectivity index (χ1n) is 12.0. The van der Waals surface area contributed by atoms with Gasteiger partial charge >= 0.3 is 0 Å². The minimum Gasteiger partial charge on any atom is -0.367 e. The molecule has 0 bridgehead atoms. The number of carbonyl (C=O) groups is 1. The van der Waals surface area contributed by atoms with Crippen molar-refractivity contribution in [3.8, 4) is 22.5 Å². The molecule has 0 saturated heterocycles. The number of carbonyl (C=O) groups excluding carboxylic acids is 1. The summed E-state index contributed by atoms with van der Waals surface area (Å²) in [5.74, 6) is 1.62. The van der Waals surface area contributed by atoms with Crippen LogP contribution in [-0.4, -0.2) is 52.2 Å². The van der Waals surface area contributed by atoms with Gasteiger partial charge in [-0.2, -0.15) is 0 Å². The van der Waals surface area contributed by atoms with Crippen LogP contribution in [0.2, 0.25) is 0 Å². The van der Waals surface area contributed by atoms with Crippen LogP contribution in [0.5, 0.6) is 0 Å². The van der Waals surface area contributed by atoms with Crippen molar-refractivity contribution in [3.63, 3.8) is 0 Å². The first-order chi connectivity index (χ1) is 16.6. The summed E-state index contributed by atoms with van der Waals surface area (Å²) in [6, 6.07) is 18.1. The fourth-order valence-corrected chi connectivity index (χ4v) is 4.20. The lowest BCUT2D eigenvalue weighted by atomic mass is 10.0. The Morgan fingerprint density at radius 1 is 1.06 bits per heavy atom. The highest BCUT2D eigenvalue weighted by Crippen LogP contribution is 2.34. The molecular weight excluding hydrogens is 422 g/mol. The lowest BCUT2D eigenvalue weighted by Gasteiger charge is -2.13. The molecule has 1 N–H and O–H groups in total. The average Bonchev–Trinajstić information content (AvgIpc) is 3.57. The summed E-state index contributed by atoms with van der Waals surface area (Å²) in [6.07, 6.45) is 8.00. The third-order valence-electron chi connectivity index (χ3n) is 6.31. The molecular formula is C28H31N5O. The van der Waals surface area contributed by atoms with Crippen LogP contribution in [0.4, 0.5) is 5.82 Å². The van der Waals surface area contributed by atoms with Gasteiger partial charge in [-0.25, -0.2) is 9.97 Å². The second-order valence-electron chi connectivity index (χ2n) is 9.41. The van der Waals surface area contributed by atoms with E-state index in [1.165, 1.54) is 12.8 Å². The van der Waals surface area contributed by atoms with Crippen molar-refractivity contribution in [1.82, 2.24) is 19.3 Å². The number of Topliss-reactive ketones (excluding diaryl/α,β-unsaturated/α-hetero) is 1. The monoisotopic (exact) mass is 453 g/mol. The third kappa shape index (κ3) is 5.02.